The van der Waals surface area contributed by atoms with E-state index in [1.54, 1.807) is 0 Å². The van der Waals surface area contributed by atoms with E-state index in [1.807, 2.05) is 0 Å². The predicted molar refractivity (Wildman–Crippen MR) is 68.0 cm³/mol. The van der Waals surface area contributed by atoms with Crippen LogP contribution < -0.4 is 0 Å². The molecule has 0 saturated carbocycles. The van der Waals surface area contributed by atoms with Crippen LogP contribution in [-0.2, 0) is 6.18 Å². The van der Waals surface area contributed by atoms with Crippen LogP contribution in [0, 0.1) is 52.4 Å². The zero-order chi connectivity index (χ0) is 21.7. The largest absolute Gasteiger partial charge is 0.507 e. The van der Waals surface area contributed by atoms with E-state index >= 15 is 0 Å². The van der Waals surface area contributed by atoms with Gasteiger partial charge in [0.25, 0.3) is 0 Å². The quantitative estimate of drug-likeness (QED) is 0.205. The molecule has 152 valence electrons. The van der Waals surface area contributed by atoms with Crippen LogP contribution >= 0.6 is 0 Å². The second-order valence-corrected chi connectivity index (χ2v) is 5.02. The first-order valence-corrected chi connectivity index (χ1v) is 6.57. The van der Waals surface area contributed by atoms with Crippen molar-refractivity contribution in [1.29, 1.82) is 0 Å². The van der Waals surface area contributed by atoms with Gasteiger partial charge in [0.05, 0.1) is 11.1 Å². The van der Waals surface area contributed by atoms with Crippen molar-refractivity contribution in [2.24, 2.45) is 0 Å². The Bertz CT molecular complexity index is 948. The molecule has 0 saturated heterocycles. The Balaban J connectivity index is 2.81. The summed E-state index contributed by atoms with van der Waals surface area (Å²) in [7, 11) is 0. The number of aliphatic hydroxyl groups excluding tert-OH is 1. The van der Waals surface area contributed by atoms with Gasteiger partial charge in [-0.1, -0.05) is 0 Å². The number of benzene rings is 2. The minimum atomic E-state index is -5.89. The first kappa shape index (κ1) is 21.4. The molecule has 0 aliphatic carbocycles. The van der Waals surface area contributed by atoms with Gasteiger partial charge in [-0.15, -0.1) is 0 Å². The molecule has 1 N–H and O–H groups in total. The van der Waals surface area contributed by atoms with Crippen molar-refractivity contribution in [3.8, 4) is 0 Å². The lowest BCUT2D eigenvalue weighted by Crippen LogP contribution is -2.16. The molecule has 0 atom stereocenters. The first-order chi connectivity index (χ1) is 12.7. The molecule has 2 rings (SSSR count). The molecule has 0 aliphatic heterocycles. The minimum Gasteiger partial charge on any atom is -0.507 e. The average molecular weight is 426 g/mol. The van der Waals surface area contributed by atoms with Crippen LogP contribution in [0.2, 0.25) is 0 Å². The average Bonchev–Trinajstić information content (AvgIpc) is 2.59. The number of alkyl halides is 3. The highest BCUT2D eigenvalue weighted by molar-refractivity contribution is 5.77. The predicted octanol–water partition coefficient (Wildman–Crippen LogP) is 6.01. The maximum atomic E-state index is 13.7. The van der Waals surface area contributed by atoms with Gasteiger partial charge in [-0.25, -0.2) is 39.5 Å². The fourth-order valence-corrected chi connectivity index (χ4v) is 2.06. The van der Waals surface area contributed by atoms with E-state index < -0.39 is 87.1 Å². The summed E-state index contributed by atoms with van der Waals surface area (Å²) >= 11 is 0. The summed E-state index contributed by atoms with van der Waals surface area (Å²) in [6, 6.07) is 0. The van der Waals surface area contributed by atoms with Crippen molar-refractivity contribution in [3.63, 3.8) is 0 Å². The van der Waals surface area contributed by atoms with Gasteiger partial charge in [-0.3, -0.25) is 0 Å². The van der Waals surface area contributed by atoms with Crippen molar-refractivity contribution in [2.45, 2.75) is 6.18 Å². The molecule has 0 aliphatic rings. The zero-order valence-electron chi connectivity index (χ0n) is 12.6. The molecule has 0 amide bonds. The molecule has 0 radical (unpaired) electrons. The van der Waals surface area contributed by atoms with Crippen molar-refractivity contribution >= 4 is 11.8 Å². The highest BCUT2D eigenvalue weighted by Gasteiger charge is 2.42. The van der Waals surface area contributed by atoms with Gasteiger partial charge in [0, 0.05) is 0 Å². The number of hydrogen-bond acceptors (Lipinski definition) is 1. The molecule has 0 bridgehead atoms. The second kappa shape index (κ2) is 6.95. The third-order valence-electron chi connectivity index (χ3n) is 3.33. The van der Waals surface area contributed by atoms with Crippen molar-refractivity contribution in [2.75, 3.05) is 0 Å². The standard InChI is InChI=1S/C15H2F12O/c16-6-2(7(17)11(21)5(10(6)20)15(25,26)27)1-3(28)4-8(18)12(22)14(24)13(23)9(4)19/h1,28H/b3-1-. The summed E-state index contributed by atoms with van der Waals surface area (Å²) in [6.07, 6.45) is -6.43. The Labute approximate surface area is 146 Å². The van der Waals surface area contributed by atoms with Gasteiger partial charge in [-0.05, 0) is 6.08 Å². The SMILES string of the molecule is O/C(=C\c1c(F)c(F)c(C(F)(F)F)c(F)c1F)c1c(F)c(F)c(F)c(F)c1F. The van der Waals surface area contributed by atoms with Crippen LogP contribution in [0.5, 0.6) is 0 Å². The summed E-state index contributed by atoms with van der Waals surface area (Å²) < 4.78 is 158. The topological polar surface area (TPSA) is 20.2 Å². The summed E-state index contributed by atoms with van der Waals surface area (Å²) in [5.74, 6) is -26.7. The Hall–Kier alpha value is -2.86. The Morgan fingerprint density at radius 3 is 1.29 bits per heavy atom. The molecule has 0 spiro atoms. The van der Waals surface area contributed by atoms with Gasteiger partial charge < -0.3 is 5.11 Å². The highest BCUT2D eigenvalue weighted by atomic mass is 19.4. The van der Waals surface area contributed by atoms with E-state index in [-0.39, 0.29) is 0 Å². The summed E-state index contributed by atoms with van der Waals surface area (Å²) in [4.78, 5) is 0. The molecule has 0 heterocycles. The van der Waals surface area contributed by atoms with Crippen molar-refractivity contribution < 1.29 is 57.8 Å². The number of rotatable bonds is 2. The second-order valence-electron chi connectivity index (χ2n) is 5.02. The lowest BCUT2D eigenvalue weighted by Gasteiger charge is -2.13. The summed E-state index contributed by atoms with van der Waals surface area (Å²) in [5.41, 5.74) is -7.23. The molecule has 0 aromatic heterocycles. The van der Waals surface area contributed by atoms with Crippen LogP contribution in [0.15, 0.2) is 0 Å². The fourth-order valence-electron chi connectivity index (χ4n) is 2.06. The lowest BCUT2D eigenvalue weighted by molar-refractivity contribution is -0.143. The van der Waals surface area contributed by atoms with E-state index in [2.05, 4.69) is 0 Å². The van der Waals surface area contributed by atoms with Crippen LogP contribution in [0.3, 0.4) is 0 Å². The molecule has 0 unspecified atom stereocenters. The van der Waals surface area contributed by atoms with E-state index in [1.165, 1.54) is 0 Å². The number of halogens is 12. The first-order valence-electron chi connectivity index (χ1n) is 6.57. The number of aliphatic hydroxyl groups is 1. The fraction of sp³-hybridized carbons (Fsp3) is 0.0667. The van der Waals surface area contributed by atoms with Crippen molar-refractivity contribution in [1.82, 2.24) is 0 Å². The van der Waals surface area contributed by atoms with E-state index in [0.717, 1.165) is 0 Å². The summed E-state index contributed by atoms with van der Waals surface area (Å²) in [5, 5.41) is 9.46. The zero-order valence-corrected chi connectivity index (χ0v) is 12.6. The van der Waals surface area contributed by atoms with E-state index in [4.69, 9.17) is 0 Å². The van der Waals surface area contributed by atoms with E-state index in [9.17, 15) is 57.8 Å². The number of hydrogen-bond donors (Lipinski definition) is 1. The monoisotopic (exact) mass is 426 g/mol. The Morgan fingerprint density at radius 1 is 0.571 bits per heavy atom. The highest BCUT2D eigenvalue weighted by Crippen LogP contribution is 2.38. The van der Waals surface area contributed by atoms with Crippen LogP contribution in [-0.4, -0.2) is 5.11 Å². The maximum Gasteiger partial charge on any atom is 0.422 e. The maximum absolute atomic E-state index is 13.7. The summed E-state index contributed by atoms with van der Waals surface area (Å²) in [6.45, 7) is 0. The van der Waals surface area contributed by atoms with Crippen LogP contribution in [0.4, 0.5) is 52.7 Å². The Morgan fingerprint density at radius 2 is 0.929 bits per heavy atom. The van der Waals surface area contributed by atoms with E-state index in [0.29, 0.717) is 0 Å². The molecule has 2 aromatic carbocycles. The molecule has 0 fully saturated rings. The van der Waals surface area contributed by atoms with Gasteiger partial charge in [0.2, 0.25) is 5.82 Å². The van der Waals surface area contributed by atoms with Gasteiger partial charge in [0.15, 0.2) is 46.5 Å². The van der Waals surface area contributed by atoms with Gasteiger partial charge >= 0.3 is 6.18 Å². The molecule has 1 nitrogen and oxygen atoms in total. The minimum absolute atomic E-state index is 0.546. The molecule has 13 heteroatoms. The molecule has 28 heavy (non-hydrogen) atoms. The van der Waals surface area contributed by atoms with Gasteiger partial charge in [-0.2, -0.15) is 13.2 Å². The third-order valence-corrected chi connectivity index (χ3v) is 3.33. The third kappa shape index (κ3) is 3.24. The molecule has 2 aromatic rings. The van der Waals surface area contributed by atoms with Gasteiger partial charge in [0.1, 0.15) is 11.3 Å². The molecular weight excluding hydrogens is 424 g/mol. The van der Waals surface area contributed by atoms with Crippen LogP contribution in [0.25, 0.3) is 11.8 Å². The smallest absolute Gasteiger partial charge is 0.422 e. The Kier molecular flexibility index (Phi) is 5.32. The van der Waals surface area contributed by atoms with Crippen LogP contribution in [0.1, 0.15) is 16.7 Å². The van der Waals surface area contributed by atoms with Crippen molar-refractivity contribution in [3.05, 3.63) is 69.0 Å². The lowest BCUT2D eigenvalue weighted by atomic mass is 10.0. The normalized spacial score (nSPS) is 12.6. The molecular formula is C15H2F12O.